The molecule has 25 heavy (non-hydrogen) atoms. The van der Waals surface area contributed by atoms with E-state index in [9.17, 15) is 9.90 Å². The summed E-state index contributed by atoms with van der Waals surface area (Å²) in [5.41, 5.74) is 0. The first-order valence-corrected chi connectivity index (χ1v) is 11.1. The Morgan fingerprint density at radius 2 is 1.00 bits per heavy atom. The van der Waals surface area contributed by atoms with Crippen LogP contribution in [-0.2, 0) is 4.79 Å². The predicted octanol–water partition coefficient (Wildman–Crippen LogP) is 6.86. The van der Waals surface area contributed by atoms with Gasteiger partial charge >= 0.3 is 5.97 Å². The van der Waals surface area contributed by atoms with E-state index in [1.807, 2.05) is 0 Å². The van der Waals surface area contributed by atoms with Crippen molar-refractivity contribution < 1.29 is 15.0 Å². The molecule has 2 N–H and O–H groups in total. The first kappa shape index (κ1) is 24.4. The molecular weight excluding hydrogens is 312 g/mol. The second-order valence-electron chi connectivity index (χ2n) is 7.68. The summed E-state index contributed by atoms with van der Waals surface area (Å²) in [5, 5.41) is 18.6. The summed E-state index contributed by atoms with van der Waals surface area (Å²) in [5.74, 6) is -0.669. The Bertz CT molecular complexity index is 278. The second-order valence-corrected chi connectivity index (χ2v) is 7.68. The molecule has 0 heterocycles. The standard InChI is InChI=1S/C22H44O3/c1-2-3-4-5-12-15-18-21(23)19-16-13-10-8-6-7-9-11-14-17-20-22(24)25/h21,23H,2-20H2,1H3,(H,24,25). The van der Waals surface area contributed by atoms with Gasteiger partial charge in [-0.25, -0.2) is 0 Å². The maximum atomic E-state index is 10.4. The van der Waals surface area contributed by atoms with Gasteiger partial charge in [0.15, 0.2) is 0 Å². The number of aliphatic hydroxyl groups excluding tert-OH is 1. The monoisotopic (exact) mass is 356 g/mol. The van der Waals surface area contributed by atoms with Crippen LogP contribution in [-0.4, -0.2) is 22.3 Å². The molecule has 0 spiro atoms. The minimum absolute atomic E-state index is 0.0722. The molecule has 0 radical (unpaired) electrons. The molecule has 0 aliphatic carbocycles. The smallest absolute Gasteiger partial charge is 0.303 e. The topological polar surface area (TPSA) is 57.5 Å². The van der Waals surface area contributed by atoms with Crippen LogP contribution in [0.1, 0.15) is 129 Å². The third kappa shape index (κ3) is 21.4. The summed E-state index contributed by atoms with van der Waals surface area (Å²) in [6.45, 7) is 2.24. The third-order valence-corrected chi connectivity index (χ3v) is 5.07. The molecule has 3 heteroatoms. The zero-order chi connectivity index (χ0) is 18.6. The van der Waals surface area contributed by atoms with E-state index in [-0.39, 0.29) is 6.10 Å². The van der Waals surface area contributed by atoms with Gasteiger partial charge in [0.2, 0.25) is 0 Å². The van der Waals surface area contributed by atoms with Gasteiger partial charge in [-0.05, 0) is 19.3 Å². The van der Waals surface area contributed by atoms with Crippen molar-refractivity contribution in [3.63, 3.8) is 0 Å². The number of rotatable bonds is 20. The van der Waals surface area contributed by atoms with Crippen LogP contribution in [0.25, 0.3) is 0 Å². The zero-order valence-electron chi connectivity index (χ0n) is 16.8. The van der Waals surface area contributed by atoms with E-state index < -0.39 is 5.97 Å². The van der Waals surface area contributed by atoms with Crippen molar-refractivity contribution in [1.82, 2.24) is 0 Å². The zero-order valence-corrected chi connectivity index (χ0v) is 16.8. The van der Waals surface area contributed by atoms with Crippen LogP contribution in [0.5, 0.6) is 0 Å². The van der Waals surface area contributed by atoms with Crippen molar-refractivity contribution in [3.8, 4) is 0 Å². The van der Waals surface area contributed by atoms with Crippen molar-refractivity contribution in [3.05, 3.63) is 0 Å². The molecule has 0 fully saturated rings. The van der Waals surface area contributed by atoms with Crippen molar-refractivity contribution in [2.24, 2.45) is 0 Å². The van der Waals surface area contributed by atoms with E-state index in [1.165, 1.54) is 89.9 Å². The number of carboxylic acid groups (broad SMARTS) is 1. The third-order valence-electron chi connectivity index (χ3n) is 5.07. The maximum Gasteiger partial charge on any atom is 0.303 e. The molecule has 0 aliphatic heterocycles. The fourth-order valence-corrected chi connectivity index (χ4v) is 3.38. The van der Waals surface area contributed by atoms with E-state index in [4.69, 9.17) is 5.11 Å². The normalized spacial score (nSPS) is 12.4. The number of aliphatic carboxylic acids is 1. The van der Waals surface area contributed by atoms with Crippen molar-refractivity contribution in [2.45, 2.75) is 135 Å². The Kier molecular flexibility index (Phi) is 19.3. The Morgan fingerprint density at radius 1 is 0.640 bits per heavy atom. The molecule has 0 aliphatic rings. The Balaban J connectivity index is 3.13. The predicted molar refractivity (Wildman–Crippen MR) is 107 cm³/mol. The molecule has 0 aromatic carbocycles. The average molecular weight is 357 g/mol. The Labute approximate surface area is 156 Å². The lowest BCUT2D eigenvalue weighted by molar-refractivity contribution is -0.137. The van der Waals surface area contributed by atoms with Gasteiger partial charge in [0.05, 0.1) is 6.10 Å². The summed E-state index contributed by atoms with van der Waals surface area (Å²) in [6.07, 6.45) is 22.0. The summed E-state index contributed by atoms with van der Waals surface area (Å²) in [7, 11) is 0. The lowest BCUT2D eigenvalue weighted by atomic mass is 10.0. The van der Waals surface area contributed by atoms with Crippen LogP contribution in [0.3, 0.4) is 0 Å². The number of aliphatic hydroxyl groups is 1. The van der Waals surface area contributed by atoms with E-state index in [0.29, 0.717) is 6.42 Å². The first-order chi connectivity index (χ1) is 12.2. The molecule has 0 aromatic heterocycles. The lowest BCUT2D eigenvalue weighted by Crippen LogP contribution is -2.05. The summed E-state index contributed by atoms with van der Waals surface area (Å²) in [6, 6.07) is 0. The highest BCUT2D eigenvalue weighted by Crippen LogP contribution is 2.15. The van der Waals surface area contributed by atoms with Gasteiger partial charge in [0.1, 0.15) is 0 Å². The number of carboxylic acids is 1. The Hall–Kier alpha value is -0.570. The highest BCUT2D eigenvalue weighted by molar-refractivity contribution is 5.66. The van der Waals surface area contributed by atoms with Crippen LogP contribution >= 0.6 is 0 Å². The number of hydrogen-bond donors (Lipinski definition) is 2. The number of hydrogen-bond acceptors (Lipinski definition) is 2. The molecule has 3 nitrogen and oxygen atoms in total. The van der Waals surface area contributed by atoms with Crippen molar-refractivity contribution in [2.75, 3.05) is 0 Å². The summed E-state index contributed by atoms with van der Waals surface area (Å²) >= 11 is 0. The van der Waals surface area contributed by atoms with E-state index in [0.717, 1.165) is 25.7 Å². The van der Waals surface area contributed by atoms with Gasteiger partial charge < -0.3 is 10.2 Å². The molecule has 1 atom stereocenters. The molecule has 0 saturated carbocycles. The van der Waals surface area contributed by atoms with Gasteiger partial charge in [-0.3, -0.25) is 4.79 Å². The SMILES string of the molecule is CCCCCCCCC(O)CCCCCCCCCCCCC(=O)O. The minimum atomic E-state index is -0.669. The van der Waals surface area contributed by atoms with Gasteiger partial charge in [-0.2, -0.15) is 0 Å². The number of unbranched alkanes of at least 4 members (excludes halogenated alkanes) is 14. The molecule has 0 rings (SSSR count). The first-order valence-electron chi connectivity index (χ1n) is 11.1. The average Bonchev–Trinajstić information content (AvgIpc) is 2.58. The minimum Gasteiger partial charge on any atom is -0.481 e. The fourth-order valence-electron chi connectivity index (χ4n) is 3.38. The molecule has 150 valence electrons. The quantitative estimate of drug-likeness (QED) is 0.234. The largest absolute Gasteiger partial charge is 0.481 e. The molecule has 0 saturated heterocycles. The molecule has 0 bridgehead atoms. The number of carbonyl (C=O) groups is 1. The van der Waals surface area contributed by atoms with Crippen LogP contribution in [0.4, 0.5) is 0 Å². The lowest BCUT2D eigenvalue weighted by Gasteiger charge is -2.10. The van der Waals surface area contributed by atoms with Gasteiger partial charge in [0.25, 0.3) is 0 Å². The van der Waals surface area contributed by atoms with Crippen molar-refractivity contribution >= 4 is 5.97 Å². The molecular formula is C22H44O3. The second kappa shape index (κ2) is 19.8. The van der Waals surface area contributed by atoms with E-state index in [2.05, 4.69) is 6.92 Å². The van der Waals surface area contributed by atoms with Gasteiger partial charge in [-0.1, -0.05) is 103 Å². The highest BCUT2D eigenvalue weighted by atomic mass is 16.4. The van der Waals surface area contributed by atoms with Crippen LogP contribution in [0, 0.1) is 0 Å². The molecule has 1 unspecified atom stereocenters. The van der Waals surface area contributed by atoms with Crippen LogP contribution < -0.4 is 0 Å². The van der Waals surface area contributed by atoms with Gasteiger partial charge in [0, 0.05) is 6.42 Å². The highest BCUT2D eigenvalue weighted by Gasteiger charge is 2.03. The van der Waals surface area contributed by atoms with Crippen LogP contribution in [0.15, 0.2) is 0 Å². The van der Waals surface area contributed by atoms with Crippen LogP contribution in [0.2, 0.25) is 0 Å². The Morgan fingerprint density at radius 3 is 1.40 bits per heavy atom. The summed E-state index contributed by atoms with van der Waals surface area (Å²) in [4.78, 5) is 10.4. The van der Waals surface area contributed by atoms with Gasteiger partial charge in [-0.15, -0.1) is 0 Å². The van der Waals surface area contributed by atoms with E-state index >= 15 is 0 Å². The van der Waals surface area contributed by atoms with E-state index in [1.54, 1.807) is 0 Å². The van der Waals surface area contributed by atoms with Crippen molar-refractivity contribution in [1.29, 1.82) is 0 Å². The fraction of sp³-hybridized carbons (Fsp3) is 0.955. The molecule has 0 aromatic rings. The summed E-state index contributed by atoms with van der Waals surface area (Å²) < 4.78 is 0. The molecule has 0 amide bonds. The maximum absolute atomic E-state index is 10.4.